The van der Waals surface area contributed by atoms with Gasteiger partial charge in [-0.25, -0.2) is 0 Å². The van der Waals surface area contributed by atoms with Crippen LogP contribution in [-0.2, 0) is 19.6 Å². The molecule has 38 heavy (non-hydrogen) atoms. The van der Waals surface area contributed by atoms with Crippen LogP contribution in [0.1, 0.15) is 37.5 Å². The molecule has 192 valence electrons. The summed E-state index contributed by atoms with van der Waals surface area (Å²) in [7, 11) is 0. The molecule has 0 aliphatic carbocycles. The summed E-state index contributed by atoms with van der Waals surface area (Å²) in [6.07, 6.45) is 0.958. The third-order valence-corrected chi connectivity index (χ3v) is 6.28. The Bertz CT molecular complexity index is 1420. The Labute approximate surface area is 227 Å². The van der Waals surface area contributed by atoms with Crippen molar-refractivity contribution in [1.82, 2.24) is 0 Å². The van der Waals surface area contributed by atoms with Gasteiger partial charge < -0.3 is 9.47 Å². The number of hydrogen-bond donors (Lipinski definition) is 0. The molecule has 0 N–H and O–H groups in total. The van der Waals surface area contributed by atoms with Gasteiger partial charge >= 0.3 is 0 Å². The lowest BCUT2D eigenvalue weighted by atomic mass is 10.0. The fourth-order valence-electron chi connectivity index (χ4n) is 4.34. The lowest BCUT2D eigenvalue weighted by Gasteiger charge is -2.12. The summed E-state index contributed by atoms with van der Waals surface area (Å²) in [5.74, 6) is 1.81. The van der Waals surface area contributed by atoms with E-state index in [1.165, 1.54) is 16.7 Å². The maximum Gasteiger partial charge on any atom is 0.122 e. The van der Waals surface area contributed by atoms with Gasteiger partial charge in [0.2, 0.25) is 0 Å². The summed E-state index contributed by atoms with van der Waals surface area (Å²) in [6, 6.07) is 44.0. The molecule has 0 fully saturated rings. The summed E-state index contributed by atoms with van der Waals surface area (Å²) in [4.78, 5) is 0. The lowest BCUT2D eigenvalue weighted by molar-refractivity contribution is 0.303. The molecule has 0 heterocycles. The fourth-order valence-corrected chi connectivity index (χ4v) is 4.34. The minimum absolute atomic E-state index is 0.523. The molecule has 5 rings (SSSR count). The smallest absolute Gasteiger partial charge is 0.122 e. The molecule has 0 aromatic heterocycles. The average Bonchev–Trinajstić information content (AvgIpc) is 3.01. The predicted octanol–water partition coefficient (Wildman–Crippen LogP) is 9.77. The summed E-state index contributed by atoms with van der Waals surface area (Å²) >= 11 is 0. The Morgan fingerprint density at radius 3 is 1.68 bits per heavy atom. The zero-order chi connectivity index (χ0) is 26.6. The van der Waals surface area contributed by atoms with Crippen LogP contribution in [-0.4, -0.2) is 0 Å². The predicted molar refractivity (Wildman–Crippen MR) is 160 cm³/mol. The van der Waals surface area contributed by atoms with Crippen LogP contribution in [0.25, 0.3) is 22.3 Å². The van der Waals surface area contributed by atoms with Crippen LogP contribution < -0.4 is 9.47 Å². The van der Waals surface area contributed by atoms with Gasteiger partial charge in [0.05, 0.1) is 0 Å². The van der Waals surface area contributed by atoms with E-state index in [0.717, 1.165) is 40.2 Å². The number of aryl methyl sites for hydroxylation is 1. The molecule has 5 aromatic rings. The Balaban J connectivity index is 0.00000164. The molecule has 0 unspecified atom stereocenters. The summed E-state index contributed by atoms with van der Waals surface area (Å²) in [5, 5.41) is 0. The molecule has 0 amide bonds. The average molecular weight is 501 g/mol. The normalized spacial score (nSPS) is 10.3. The SMILES string of the molecule is CC.CCc1ccccc1OCc1cccc(-c2cccc(OCc3cccc(-c4ccccc4)c3)c2)c1. The Morgan fingerprint density at radius 1 is 0.474 bits per heavy atom. The first-order valence-electron chi connectivity index (χ1n) is 13.5. The van der Waals surface area contributed by atoms with E-state index in [4.69, 9.17) is 9.47 Å². The highest BCUT2D eigenvalue weighted by Crippen LogP contribution is 2.27. The number of hydrogen-bond acceptors (Lipinski definition) is 2. The quantitative estimate of drug-likeness (QED) is 0.200. The van der Waals surface area contributed by atoms with Gasteiger partial charge in [0.15, 0.2) is 0 Å². The molecule has 2 heteroatoms. The Kier molecular flexibility index (Phi) is 9.75. The molecule has 0 spiro atoms. The highest BCUT2D eigenvalue weighted by atomic mass is 16.5. The van der Waals surface area contributed by atoms with E-state index in [1.54, 1.807) is 0 Å². The minimum Gasteiger partial charge on any atom is -0.489 e. The van der Waals surface area contributed by atoms with Crippen molar-refractivity contribution in [2.45, 2.75) is 40.4 Å². The standard InChI is InChI=1S/C34H30O2.C2H6/c1-2-28-13-6-7-20-34(28)36-25-27-12-9-17-31(22-27)32-18-10-19-33(23-32)35-24-26-11-8-16-30(21-26)29-14-4-3-5-15-29;1-2/h3-23H,2,24-25H2,1H3;1-2H3. The molecule has 0 radical (unpaired) electrons. The molecule has 0 atom stereocenters. The van der Waals surface area contributed by atoms with E-state index in [0.29, 0.717) is 13.2 Å². The number of para-hydroxylation sites is 1. The first-order chi connectivity index (χ1) is 18.8. The van der Waals surface area contributed by atoms with E-state index in [1.807, 2.05) is 44.2 Å². The largest absolute Gasteiger partial charge is 0.489 e. The van der Waals surface area contributed by atoms with Gasteiger partial charge in [-0.05, 0) is 75.7 Å². The van der Waals surface area contributed by atoms with Crippen molar-refractivity contribution in [2.75, 3.05) is 0 Å². The summed E-state index contributed by atoms with van der Waals surface area (Å²) in [6.45, 7) is 7.21. The van der Waals surface area contributed by atoms with Gasteiger partial charge in [-0.3, -0.25) is 0 Å². The fraction of sp³-hybridized carbons (Fsp3) is 0.167. The van der Waals surface area contributed by atoms with Gasteiger partial charge in [0, 0.05) is 0 Å². The first-order valence-corrected chi connectivity index (χ1v) is 13.5. The van der Waals surface area contributed by atoms with E-state index < -0.39 is 0 Å². The van der Waals surface area contributed by atoms with Crippen molar-refractivity contribution in [3.05, 3.63) is 144 Å². The van der Waals surface area contributed by atoms with Crippen molar-refractivity contribution in [3.63, 3.8) is 0 Å². The zero-order valence-corrected chi connectivity index (χ0v) is 22.6. The Morgan fingerprint density at radius 2 is 1.00 bits per heavy atom. The van der Waals surface area contributed by atoms with Crippen molar-refractivity contribution in [3.8, 4) is 33.8 Å². The van der Waals surface area contributed by atoms with Gasteiger partial charge in [-0.2, -0.15) is 0 Å². The number of ether oxygens (including phenoxy) is 2. The molecule has 2 nitrogen and oxygen atoms in total. The highest BCUT2D eigenvalue weighted by molar-refractivity contribution is 5.66. The maximum absolute atomic E-state index is 6.18. The molecule has 5 aromatic carbocycles. The minimum atomic E-state index is 0.523. The van der Waals surface area contributed by atoms with Gasteiger partial charge in [0.1, 0.15) is 24.7 Å². The second kappa shape index (κ2) is 13.9. The third-order valence-electron chi connectivity index (χ3n) is 6.28. The molecule has 0 bridgehead atoms. The lowest BCUT2D eigenvalue weighted by Crippen LogP contribution is -1.98. The molecule has 0 saturated heterocycles. The summed E-state index contributed by atoms with van der Waals surface area (Å²) in [5.41, 5.74) is 8.20. The highest BCUT2D eigenvalue weighted by Gasteiger charge is 2.06. The topological polar surface area (TPSA) is 18.5 Å². The van der Waals surface area contributed by atoms with Crippen LogP contribution in [0.15, 0.2) is 127 Å². The van der Waals surface area contributed by atoms with Crippen LogP contribution in [0.3, 0.4) is 0 Å². The molecular formula is C36H36O2. The number of rotatable bonds is 9. The number of benzene rings is 5. The molecule has 0 saturated carbocycles. The van der Waals surface area contributed by atoms with Crippen molar-refractivity contribution < 1.29 is 9.47 Å². The van der Waals surface area contributed by atoms with Crippen molar-refractivity contribution in [2.24, 2.45) is 0 Å². The van der Waals surface area contributed by atoms with Gasteiger partial charge in [0.25, 0.3) is 0 Å². The van der Waals surface area contributed by atoms with Crippen molar-refractivity contribution >= 4 is 0 Å². The maximum atomic E-state index is 6.18. The van der Waals surface area contributed by atoms with Crippen LogP contribution >= 0.6 is 0 Å². The Hall–Kier alpha value is -4.30. The third kappa shape index (κ3) is 7.14. The van der Waals surface area contributed by atoms with E-state index in [-0.39, 0.29) is 0 Å². The molecule has 0 aliphatic heterocycles. The van der Waals surface area contributed by atoms with E-state index in [2.05, 4.69) is 104 Å². The van der Waals surface area contributed by atoms with Crippen LogP contribution in [0.2, 0.25) is 0 Å². The van der Waals surface area contributed by atoms with Crippen LogP contribution in [0.5, 0.6) is 11.5 Å². The first kappa shape index (κ1) is 26.8. The zero-order valence-electron chi connectivity index (χ0n) is 22.6. The van der Waals surface area contributed by atoms with Crippen molar-refractivity contribution in [1.29, 1.82) is 0 Å². The second-order valence-electron chi connectivity index (χ2n) is 8.83. The molecular weight excluding hydrogens is 464 g/mol. The van der Waals surface area contributed by atoms with Crippen LogP contribution in [0, 0.1) is 0 Å². The summed E-state index contributed by atoms with van der Waals surface area (Å²) < 4.78 is 12.3. The van der Waals surface area contributed by atoms with Gasteiger partial charge in [-0.15, -0.1) is 0 Å². The van der Waals surface area contributed by atoms with E-state index >= 15 is 0 Å². The molecule has 0 aliphatic rings. The monoisotopic (exact) mass is 500 g/mol. The van der Waals surface area contributed by atoms with Crippen LogP contribution in [0.4, 0.5) is 0 Å². The van der Waals surface area contributed by atoms with E-state index in [9.17, 15) is 0 Å². The van der Waals surface area contributed by atoms with Gasteiger partial charge in [-0.1, -0.05) is 118 Å². The second-order valence-corrected chi connectivity index (χ2v) is 8.83.